The molecular formula is C22H32N6O. The van der Waals surface area contributed by atoms with Gasteiger partial charge in [-0.05, 0) is 31.7 Å². The molecule has 0 amide bonds. The van der Waals surface area contributed by atoms with Gasteiger partial charge in [0.25, 0.3) is 0 Å². The van der Waals surface area contributed by atoms with Crippen molar-refractivity contribution in [3.05, 3.63) is 41.7 Å². The fourth-order valence-corrected chi connectivity index (χ4v) is 4.06. The van der Waals surface area contributed by atoms with E-state index < -0.39 is 0 Å². The van der Waals surface area contributed by atoms with Gasteiger partial charge < -0.3 is 19.4 Å². The van der Waals surface area contributed by atoms with Crippen LogP contribution < -0.4 is 14.5 Å². The summed E-state index contributed by atoms with van der Waals surface area (Å²) in [5.41, 5.74) is 1.30. The summed E-state index contributed by atoms with van der Waals surface area (Å²) in [7, 11) is 3.90. The van der Waals surface area contributed by atoms with Gasteiger partial charge >= 0.3 is 0 Å². The van der Waals surface area contributed by atoms with Gasteiger partial charge in [0.05, 0.1) is 7.11 Å². The summed E-state index contributed by atoms with van der Waals surface area (Å²) in [6, 6.07) is 10.5. The number of piperazine rings is 2. The van der Waals surface area contributed by atoms with Crippen molar-refractivity contribution >= 4 is 11.6 Å². The Morgan fingerprint density at radius 2 is 1.48 bits per heavy atom. The molecular weight excluding hydrogens is 364 g/mol. The molecule has 1 aromatic carbocycles. The molecule has 1 aromatic heterocycles. The smallest absolute Gasteiger partial charge is 0.134 e. The number of anilines is 2. The average Bonchev–Trinajstić information content (AvgIpc) is 2.74. The first kappa shape index (κ1) is 19.9. The predicted octanol–water partition coefficient (Wildman–Crippen LogP) is 1.87. The highest BCUT2D eigenvalue weighted by Gasteiger charge is 2.21. The van der Waals surface area contributed by atoms with Gasteiger partial charge in [0.1, 0.15) is 23.2 Å². The maximum atomic E-state index is 5.35. The number of hydrogen-bond donors (Lipinski definition) is 0. The predicted molar refractivity (Wildman–Crippen MR) is 117 cm³/mol. The van der Waals surface area contributed by atoms with E-state index in [1.54, 1.807) is 7.11 Å². The number of methoxy groups -OCH3 is 1. The zero-order valence-electron chi connectivity index (χ0n) is 17.8. The lowest BCUT2D eigenvalue weighted by atomic mass is 10.2. The van der Waals surface area contributed by atoms with Gasteiger partial charge in [-0.2, -0.15) is 0 Å². The summed E-state index contributed by atoms with van der Waals surface area (Å²) in [6.07, 6.45) is 0. The van der Waals surface area contributed by atoms with E-state index in [-0.39, 0.29) is 0 Å². The fraction of sp³-hybridized carbons (Fsp3) is 0.545. The fourth-order valence-electron chi connectivity index (χ4n) is 4.06. The molecule has 0 aliphatic carbocycles. The summed E-state index contributed by atoms with van der Waals surface area (Å²) in [5, 5.41) is 0. The van der Waals surface area contributed by atoms with E-state index in [0.717, 1.165) is 82.1 Å². The quantitative estimate of drug-likeness (QED) is 0.765. The zero-order chi connectivity index (χ0) is 20.2. The van der Waals surface area contributed by atoms with Crippen LogP contribution in [0.5, 0.6) is 5.75 Å². The van der Waals surface area contributed by atoms with Crippen molar-refractivity contribution in [1.82, 2.24) is 19.8 Å². The Labute approximate surface area is 173 Å². The van der Waals surface area contributed by atoms with Gasteiger partial charge in [-0.25, -0.2) is 9.97 Å². The normalized spacial score (nSPS) is 18.9. The summed E-state index contributed by atoms with van der Waals surface area (Å²) < 4.78 is 5.35. The molecule has 2 aliphatic heterocycles. The molecule has 2 aromatic rings. The number of benzene rings is 1. The Balaban J connectivity index is 1.38. The number of rotatable bonds is 5. The lowest BCUT2D eigenvalue weighted by Gasteiger charge is -2.37. The molecule has 0 unspecified atom stereocenters. The minimum Gasteiger partial charge on any atom is -0.497 e. The molecule has 0 spiro atoms. The van der Waals surface area contributed by atoms with Crippen LogP contribution in [0.3, 0.4) is 0 Å². The van der Waals surface area contributed by atoms with Crippen LogP contribution in [-0.4, -0.2) is 86.3 Å². The monoisotopic (exact) mass is 396 g/mol. The molecule has 2 fully saturated rings. The van der Waals surface area contributed by atoms with Crippen LogP contribution in [0.15, 0.2) is 30.3 Å². The number of aromatic nitrogens is 2. The molecule has 3 heterocycles. The number of likely N-dealkylation sites (N-methyl/N-ethyl adjacent to an activating group) is 1. The molecule has 0 saturated carbocycles. The van der Waals surface area contributed by atoms with Crippen molar-refractivity contribution < 1.29 is 4.74 Å². The highest BCUT2D eigenvalue weighted by molar-refractivity contribution is 5.51. The third-order valence-corrected chi connectivity index (χ3v) is 5.87. The van der Waals surface area contributed by atoms with Crippen LogP contribution in [0, 0.1) is 6.92 Å². The Kier molecular flexibility index (Phi) is 6.16. The second kappa shape index (κ2) is 8.97. The standard InChI is InChI=1S/C22H32N6O/c1-18-23-21(27-11-7-25(2)8-12-27)16-22(24-18)28-13-9-26(10-14-28)17-19-5-4-6-20(15-19)29-3/h4-6,15-16H,7-14,17H2,1-3H3. The van der Waals surface area contributed by atoms with Crippen molar-refractivity contribution in [2.75, 3.05) is 76.3 Å². The topological polar surface area (TPSA) is 48.0 Å². The van der Waals surface area contributed by atoms with E-state index in [0.29, 0.717) is 0 Å². The van der Waals surface area contributed by atoms with Crippen LogP contribution in [0.1, 0.15) is 11.4 Å². The summed E-state index contributed by atoms with van der Waals surface area (Å²) in [6.45, 7) is 11.2. The molecule has 4 rings (SSSR count). The van der Waals surface area contributed by atoms with E-state index in [1.807, 2.05) is 13.0 Å². The first-order chi connectivity index (χ1) is 14.1. The summed E-state index contributed by atoms with van der Waals surface area (Å²) >= 11 is 0. The van der Waals surface area contributed by atoms with Crippen LogP contribution in [0.4, 0.5) is 11.6 Å². The highest BCUT2D eigenvalue weighted by Crippen LogP contribution is 2.22. The SMILES string of the molecule is COc1cccc(CN2CCN(c3cc(N4CCN(C)CC4)nc(C)n3)CC2)c1. The molecule has 29 heavy (non-hydrogen) atoms. The van der Waals surface area contributed by atoms with Gasteiger partial charge in [0, 0.05) is 65.0 Å². The molecule has 7 nitrogen and oxygen atoms in total. The van der Waals surface area contributed by atoms with Crippen molar-refractivity contribution in [1.29, 1.82) is 0 Å². The van der Waals surface area contributed by atoms with Gasteiger partial charge in [-0.15, -0.1) is 0 Å². The van der Waals surface area contributed by atoms with Crippen molar-refractivity contribution in [3.63, 3.8) is 0 Å². The third kappa shape index (κ3) is 4.97. The molecule has 156 valence electrons. The largest absolute Gasteiger partial charge is 0.497 e. The van der Waals surface area contributed by atoms with E-state index in [1.165, 1.54) is 5.56 Å². The van der Waals surface area contributed by atoms with Crippen LogP contribution >= 0.6 is 0 Å². The maximum absolute atomic E-state index is 5.35. The lowest BCUT2D eigenvalue weighted by Crippen LogP contribution is -2.47. The molecule has 2 saturated heterocycles. The first-order valence-electron chi connectivity index (χ1n) is 10.5. The molecule has 2 aliphatic rings. The molecule has 0 N–H and O–H groups in total. The van der Waals surface area contributed by atoms with E-state index in [4.69, 9.17) is 14.7 Å². The van der Waals surface area contributed by atoms with Crippen molar-refractivity contribution in [2.24, 2.45) is 0 Å². The summed E-state index contributed by atoms with van der Waals surface area (Å²) in [4.78, 5) is 19.1. The Hall–Kier alpha value is -2.38. The van der Waals surface area contributed by atoms with Crippen LogP contribution in [0.2, 0.25) is 0 Å². The van der Waals surface area contributed by atoms with E-state index >= 15 is 0 Å². The molecule has 0 atom stereocenters. The Bertz CT molecular complexity index is 813. The summed E-state index contributed by atoms with van der Waals surface area (Å²) in [5.74, 6) is 3.91. The number of ether oxygens (including phenoxy) is 1. The lowest BCUT2D eigenvalue weighted by molar-refractivity contribution is 0.249. The van der Waals surface area contributed by atoms with E-state index in [9.17, 15) is 0 Å². The van der Waals surface area contributed by atoms with Gasteiger partial charge in [-0.1, -0.05) is 12.1 Å². The van der Waals surface area contributed by atoms with Gasteiger partial charge in [0.15, 0.2) is 0 Å². The number of nitrogens with zero attached hydrogens (tertiary/aromatic N) is 6. The van der Waals surface area contributed by atoms with Crippen molar-refractivity contribution in [3.8, 4) is 5.75 Å². The Morgan fingerprint density at radius 1 is 0.862 bits per heavy atom. The minimum atomic E-state index is 0.857. The Morgan fingerprint density at radius 3 is 2.10 bits per heavy atom. The number of aryl methyl sites for hydroxylation is 1. The van der Waals surface area contributed by atoms with Gasteiger partial charge in [-0.3, -0.25) is 4.90 Å². The van der Waals surface area contributed by atoms with E-state index in [2.05, 4.69) is 50.9 Å². The first-order valence-corrected chi connectivity index (χ1v) is 10.5. The molecule has 0 bridgehead atoms. The minimum absolute atomic E-state index is 0.857. The zero-order valence-corrected chi connectivity index (χ0v) is 17.8. The van der Waals surface area contributed by atoms with Crippen LogP contribution in [0.25, 0.3) is 0 Å². The second-order valence-corrected chi connectivity index (χ2v) is 8.04. The average molecular weight is 397 g/mol. The second-order valence-electron chi connectivity index (χ2n) is 8.04. The molecule has 7 heteroatoms. The van der Waals surface area contributed by atoms with Crippen molar-refractivity contribution in [2.45, 2.75) is 13.5 Å². The third-order valence-electron chi connectivity index (χ3n) is 5.87. The number of hydrogen-bond acceptors (Lipinski definition) is 7. The van der Waals surface area contributed by atoms with Crippen LogP contribution in [-0.2, 0) is 6.54 Å². The van der Waals surface area contributed by atoms with Gasteiger partial charge in [0.2, 0.25) is 0 Å². The maximum Gasteiger partial charge on any atom is 0.134 e. The highest BCUT2D eigenvalue weighted by atomic mass is 16.5. The molecule has 0 radical (unpaired) electrons.